The van der Waals surface area contributed by atoms with E-state index in [1.54, 1.807) is 6.33 Å². The Morgan fingerprint density at radius 2 is 2.03 bits per heavy atom. The third kappa shape index (κ3) is 5.06. The van der Waals surface area contributed by atoms with Crippen molar-refractivity contribution in [1.29, 1.82) is 5.26 Å². The van der Waals surface area contributed by atoms with Gasteiger partial charge in [0.15, 0.2) is 0 Å². The molecule has 2 fully saturated rings. The Kier molecular flexibility index (Phi) is 6.44. The van der Waals surface area contributed by atoms with Crippen molar-refractivity contribution in [2.75, 3.05) is 19.7 Å². The first-order valence-electron chi connectivity index (χ1n) is 13.3. The summed E-state index contributed by atoms with van der Waals surface area (Å²) in [6.45, 7) is 10.2. The molecular weight excluding hydrogens is 454 g/mol. The molecular formula is C26H37N7OSi. The van der Waals surface area contributed by atoms with Gasteiger partial charge in [-0.25, -0.2) is 9.97 Å². The van der Waals surface area contributed by atoms with Gasteiger partial charge in [0.1, 0.15) is 18.7 Å². The van der Waals surface area contributed by atoms with E-state index in [0.29, 0.717) is 26.0 Å². The van der Waals surface area contributed by atoms with Gasteiger partial charge in [-0.3, -0.25) is 4.68 Å². The van der Waals surface area contributed by atoms with E-state index in [0.717, 1.165) is 60.9 Å². The molecule has 5 rings (SSSR count). The Balaban J connectivity index is 1.34. The lowest BCUT2D eigenvalue weighted by atomic mass is 9.69. The Bertz CT molecular complexity index is 1250. The van der Waals surface area contributed by atoms with Crippen molar-refractivity contribution in [3.05, 3.63) is 31.0 Å². The van der Waals surface area contributed by atoms with E-state index < -0.39 is 19.6 Å². The quantitative estimate of drug-likeness (QED) is 0.313. The lowest BCUT2D eigenvalue weighted by molar-refractivity contribution is -0.00426. The Morgan fingerprint density at radius 1 is 1.23 bits per heavy atom. The van der Waals surface area contributed by atoms with Crippen molar-refractivity contribution in [3.63, 3.8) is 0 Å². The summed E-state index contributed by atoms with van der Waals surface area (Å²) >= 11 is 0. The smallest absolute Gasteiger partial charge is 0.145 e. The highest BCUT2D eigenvalue weighted by Crippen LogP contribution is 2.45. The first kappa shape index (κ1) is 22.9. The van der Waals surface area contributed by atoms with Crippen LogP contribution in [0.15, 0.2) is 31.0 Å². The molecule has 3 aromatic heterocycles. The summed E-state index contributed by atoms with van der Waals surface area (Å²) in [5, 5.41) is 15.3. The van der Waals surface area contributed by atoms with Crippen molar-refractivity contribution in [2.24, 2.45) is 0 Å². The third-order valence-corrected chi connectivity index (χ3v) is 9.11. The maximum Gasteiger partial charge on any atom is 0.145 e. The molecule has 0 unspecified atom stereocenters. The molecule has 2 aliphatic rings. The van der Waals surface area contributed by atoms with Gasteiger partial charge >= 0.3 is 0 Å². The van der Waals surface area contributed by atoms with Crippen LogP contribution in [0, 0.1) is 11.3 Å². The van der Waals surface area contributed by atoms with E-state index >= 15 is 0 Å². The fraction of sp³-hybridized carbons (Fsp3) is 0.615. The number of rotatable bonds is 9. The van der Waals surface area contributed by atoms with Gasteiger partial charge in [0.25, 0.3) is 0 Å². The molecule has 0 radical (unpaired) electrons. The first-order chi connectivity index (χ1) is 17.2. The maximum absolute atomic E-state index is 9.61. The van der Waals surface area contributed by atoms with Crippen molar-refractivity contribution in [1.82, 2.24) is 29.2 Å². The number of hydrogen-bond acceptors (Lipinski definition) is 6. The summed E-state index contributed by atoms with van der Waals surface area (Å²) in [5.74, 6) is 0. The molecule has 1 aliphatic heterocycles. The van der Waals surface area contributed by atoms with Crippen molar-refractivity contribution in [2.45, 2.75) is 82.5 Å². The predicted molar refractivity (Wildman–Crippen MR) is 140 cm³/mol. The number of nitrogens with zero attached hydrogens (tertiary/aromatic N) is 7. The molecule has 4 heterocycles. The average molecular weight is 493 g/mol. The molecule has 0 amide bonds. The predicted octanol–water partition coefficient (Wildman–Crippen LogP) is 4.86. The van der Waals surface area contributed by atoms with E-state index in [-0.39, 0.29) is 0 Å². The molecule has 1 saturated carbocycles. The van der Waals surface area contributed by atoms with Crippen LogP contribution < -0.4 is 0 Å². The van der Waals surface area contributed by atoms with Crippen LogP contribution in [0.5, 0.6) is 0 Å². The number of hydrogen-bond donors (Lipinski definition) is 0. The van der Waals surface area contributed by atoms with Gasteiger partial charge in [0, 0.05) is 45.4 Å². The molecule has 3 aromatic rings. The number of nitriles is 1. The summed E-state index contributed by atoms with van der Waals surface area (Å²) in [4.78, 5) is 11.4. The number of fused-ring (bicyclic) bond motifs is 1. The van der Waals surface area contributed by atoms with Crippen molar-refractivity contribution < 1.29 is 6.11 Å². The van der Waals surface area contributed by atoms with Crippen LogP contribution in [0.25, 0.3) is 22.3 Å². The maximum atomic E-state index is 9.61. The van der Waals surface area contributed by atoms with Gasteiger partial charge in [0.05, 0.1) is 29.9 Å². The fourth-order valence-corrected chi connectivity index (χ4v) is 6.00. The zero-order valence-corrected chi connectivity index (χ0v) is 22.2. The molecule has 0 aromatic carbocycles. The summed E-state index contributed by atoms with van der Waals surface area (Å²) in [7, 11) is -1.13. The van der Waals surface area contributed by atoms with E-state index in [4.69, 9.17) is 6.11 Å². The van der Waals surface area contributed by atoms with Crippen LogP contribution in [0.3, 0.4) is 0 Å². The molecule has 0 N–H and O–H groups in total. The Morgan fingerprint density at radius 3 is 2.77 bits per heavy atom. The van der Waals surface area contributed by atoms with Crippen LogP contribution in [-0.2, 0) is 17.0 Å². The van der Waals surface area contributed by atoms with Crippen LogP contribution in [0.1, 0.15) is 39.9 Å². The minimum atomic E-state index is -1.13. The molecule has 9 heteroatoms. The van der Waals surface area contributed by atoms with Crippen LogP contribution in [0.4, 0.5) is 0 Å². The minimum absolute atomic E-state index is 0.354. The summed E-state index contributed by atoms with van der Waals surface area (Å²) in [6, 6.07) is 4.93. The lowest BCUT2D eigenvalue weighted by Crippen LogP contribution is -2.57. The molecule has 35 heavy (non-hydrogen) atoms. The van der Waals surface area contributed by atoms with Crippen LogP contribution in [-0.4, -0.2) is 63.0 Å². The number of aromatic nitrogens is 5. The molecule has 186 valence electrons. The monoisotopic (exact) mass is 492 g/mol. The fourth-order valence-electron chi connectivity index (χ4n) is 5.24. The molecule has 8 nitrogen and oxygen atoms in total. The van der Waals surface area contributed by atoms with Gasteiger partial charge in [-0.15, -0.1) is 0 Å². The van der Waals surface area contributed by atoms with E-state index in [9.17, 15) is 5.26 Å². The highest BCUT2D eigenvalue weighted by molar-refractivity contribution is 6.76. The highest BCUT2D eigenvalue weighted by Gasteiger charge is 2.48. The summed E-state index contributed by atoms with van der Waals surface area (Å²) < 4.78 is 19.0. The number of piperidine rings is 1. The van der Waals surface area contributed by atoms with Gasteiger partial charge in [-0.1, -0.05) is 26.1 Å². The van der Waals surface area contributed by atoms with Gasteiger partial charge in [0.2, 0.25) is 0 Å². The van der Waals surface area contributed by atoms with E-state index in [1.807, 2.05) is 33.9 Å². The number of ether oxygens (including phenoxy) is 1. The second kappa shape index (κ2) is 9.84. The molecule has 1 saturated heterocycles. The molecule has 0 bridgehead atoms. The lowest BCUT2D eigenvalue weighted by Gasteiger charge is -2.51. The molecule has 0 atom stereocenters. The van der Waals surface area contributed by atoms with Gasteiger partial charge < -0.3 is 14.2 Å². The zero-order chi connectivity index (χ0) is 25.4. The second-order valence-electron chi connectivity index (χ2n) is 11.3. The SMILES string of the molecule is [2H]C1(N2CCCCC2)CC(CC#N)(n2cc(-c3ncnc4c3ccn4COCC[Si](C)(C)C)cn2)C1. The second-order valence-corrected chi connectivity index (χ2v) is 16.9. The average Bonchev–Trinajstić information content (AvgIpc) is 3.49. The molecule has 0 spiro atoms. The molecule has 1 aliphatic carbocycles. The first-order valence-corrected chi connectivity index (χ1v) is 16.5. The summed E-state index contributed by atoms with van der Waals surface area (Å²) in [6.07, 6.45) is 12.6. The topological polar surface area (TPSA) is 84.8 Å². The Hall–Kier alpha value is -2.54. The largest absolute Gasteiger partial charge is 0.361 e. The summed E-state index contributed by atoms with van der Waals surface area (Å²) in [5.41, 5.74) is 2.13. The van der Waals surface area contributed by atoms with Gasteiger partial charge in [-0.2, -0.15) is 10.4 Å². The minimum Gasteiger partial charge on any atom is -0.361 e. The van der Waals surface area contributed by atoms with Gasteiger partial charge in [-0.05, 0) is 50.9 Å². The normalized spacial score (nSPS) is 25.8. The zero-order valence-electron chi connectivity index (χ0n) is 22.2. The van der Waals surface area contributed by atoms with Crippen molar-refractivity contribution >= 4 is 19.1 Å². The number of likely N-dealkylation sites (tertiary alicyclic amines) is 1. The van der Waals surface area contributed by atoms with Crippen LogP contribution in [0.2, 0.25) is 25.7 Å². The van der Waals surface area contributed by atoms with E-state index in [2.05, 4.69) is 45.7 Å². The Labute approximate surface area is 210 Å². The third-order valence-electron chi connectivity index (χ3n) is 7.40. The van der Waals surface area contributed by atoms with Crippen LogP contribution >= 0.6 is 0 Å². The van der Waals surface area contributed by atoms with Crippen molar-refractivity contribution in [3.8, 4) is 17.3 Å². The highest BCUT2D eigenvalue weighted by atomic mass is 28.3. The standard InChI is InChI=1S/C26H37N7OSi/c1-35(2,3)14-13-34-20-32-12-7-23-24(28-19-29-25(23)32)21-17-30-33(18-21)26(8-9-27)15-22(16-26)31-10-5-4-6-11-31/h7,12,17-19,22H,4-6,8,10-11,13-16,20H2,1-3H3/i22D. The van der Waals surface area contributed by atoms with E-state index in [1.165, 1.54) is 6.42 Å².